The molecule has 0 radical (unpaired) electrons. The zero-order valence-electron chi connectivity index (χ0n) is 14.4. The molecule has 1 heterocycles. The molecule has 0 fully saturated rings. The normalized spacial score (nSPS) is 10.8. The Kier molecular flexibility index (Phi) is 5.32. The summed E-state index contributed by atoms with van der Waals surface area (Å²) >= 11 is 5.72. The second-order valence-corrected chi connectivity index (χ2v) is 6.48. The van der Waals surface area contributed by atoms with Gasteiger partial charge in [0.1, 0.15) is 5.82 Å². The lowest BCUT2D eigenvalue weighted by molar-refractivity contribution is -0.130. The van der Waals surface area contributed by atoms with Gasteiger partial charge in [0.25, 0.3) is 0 Å². The largest absolute Gasteiger partial charge is 0.337 e. The molecule has 134 valence electrons. The van der Waals surface area contributed by atoms with Crippen LogP contribution < -0.4 is 0 Å². The fraction of sp³-hybridized carbons (Fsp3) is 0.211. The average molecular weight is 374 g/mol. The van der Waals surface area contributed by atoms with Gasteiger partial charge in [0.15, 0.2) is 0 Å². The summed E-state index contributed by atoms with van der Waals surface area (Å²) in [5, 5.41) is 4.23. The molecule has 0 aliphatic carbocycles. The third kappa shape index (κ3) is 4.26. The predicted octanol–water partition coefficient (Wildman–Crippen LogP) is 4.04. The van der Waals surface area contributed by atoms with Gasteiger partial charge >= 0.3 is 0 Å². The lowest BCUT2D eigenvalue weighted by Crippen LogP contribution is -2.28. The number of benzene rings is 2. The van der Waals surface area contributed by atoms with Crippen LogP contribution in [-0.2, 0) is 17.8 Å². The van der Waals surface area contributed by atoms with Crippen LogP contribution in [0.2, 0.25) is 5.02 Å². The van der Waals surface area contributed by atoms with Crippen LogP contribution in [0.15, 0.2) is 47.0 Å². The van der Waals surface area contributed by atoms with Crippen molar-refractivity contribution in [2.75, 3.05) is 7.05 Å². The van der Waals surface area contributed by atoms with E-state index in [1.54, 1.807) is 13.1 Å². The third-order valence-electron chi connectivity index (χ3n) is 3.93. The van der Waals surface area contributed by atoms with Crippen LogP contribution in [0.3, 0.4) is 0 Å². The molecule has 0 N–H and O–H groups in total. The molecule has 26 heavy (non-hydrogen) atoms. The van der Waals surface area contributed by atoms with E-state index in [4.69, 9.17) is 16.1 Å². The minimum atomic E-state index is -0.501. The number of aromatic nitrogens is 2. The Balaban J connectivity index is 1.65. The van der Waals surface area contributed by atoms with Gasteiger partial charge in [-0.15, -0.1) is 0 Å². The molecule has 2 aromatic carbocycles. The topological polar surface area (TPSA) is 59.2 Å². The molecule has 0 unspecified atom stereocenters. The van der Waals surface area contributed by atoms with Crippen molar-refractivity contribution in [2.45, 2.75) is 19.9 Å². The van der Waals surface area contributed by atoms with Crippen molar-refractivity contribution in [2.24, 2.45) is 0 Å². The van der Waals surface area contributed by atoms with E-state index in [2.05, 4.69) is 10.1 Å². The molecule has 0 aliphatic rings. The molecule has 5 nitrogen and oxygen atoms in total. The number of rotatable bonds is 5. The summed E-state index contributed by atoms with van der Waals surface area (Å²) in [5.41, 5.74) is 2.26. The predicted molar refractivity (Wildman–Crippen MR) is 96.1 cm³/mol. The van der Waals surface area contributed by atoms with E-state index in [0.717, 1.165) is 11.1 Å². The lowest BCUT2D eigenvalue weighted by Gasteiger charge is -2.15. The smallest absolute Gasteiger partial charge is 0.246 e. The van der Waals surface area contributed by atoms with Crippen molar-refractivity contribution >= 4 is 17.5 Å². The Bertz CT molecular complexity index is 925. The van der Waals surface area contributed by atoms with Crippen LogP contribution in [0.5, 0.6) is 0 Å². The summed E-state index contributed by atoms with van der Waals surface area (Å²) in [6, 6.07) is 12.0. The van der Waals surface area contributed by atoms with E-state index in [9.17, 15) is 9.18 Å². The zero-order valence-corrected chi connectivity index (χ0v) is 15.1. The summed E-state index contributed by atoms with van der Waals surface area (Å²) in [5.74, 6) is 0.0117. The number of halogens is 2. The highest BCUT2D eigenvalue weighted by molar-refractivity contribution is 6.30. The van der Waals surface area contributed by atoms with Crippen LogP contribution in [0.4, 0.5) is 4.39 Å². The second-order valence-electron chi connectivity index (χ2n) is 6.04. The Morgan fingerprint density at radius 1 is 1.23 bits per heavy atom. The second kappa shape index (κ2) is 7.66. The molecule has 0 spiro atoms. The van der Waals surface area contributed by atoms with Crippen LogP contribution in [0.1, 0.15) is 17.0 Å². The minimum absolute atomic E-state index is 0.0710. The molecule has 0 saturated carbocycles. The number of hydrogen-bond donors (Lipinski definition) is 0. The fourth-order valence-corrected chi connectivity index (χ4v) is 2.55. The van der Waals surface area contributed by atoms with Gasteiger partial charge in [-0.25, -0.2) is 4.39 Å². The number of carbonyl (C=O) groups is 1. The number of carbonyl (C=O) groups excluding carboxylic acids is 1. The number of amides is 1. The van der Waals surface area contributed by atoms with E-state index in [1.807, 2.05) is 31.2 Å². The third-order valence-corrected chi connectivity index (χ3v) is 4.17. The van der Waals surface area contributed by atoms with Crippen LogP contribution in [0.25, 0.3) is 11.4 Å². The van der Waals surface area contributed by atoms with Crippen LogP contribution in [0, 0.1) is 12.7 Å². The Labute approximate surface area is 155 Å². The van der Waals surface area contributed by atoms with Gasteiger partial charge in [0, 0.05) is 17.6 Å². The van der Waals surface area contributed by atoms with Crippen LogP contribution >= 0.6 is 11.6 Å². The van der Waals surface area contributed by atoms with E-state index >= 15 is 0 Å². The molecule has 3 aromatic rings. The van der Waals surface area contributed by atoms with Crippen molar-refractivity contribution in [3.05, 3.63) is 70.3 Å². The summed E-state index contributed by atoms with van der Waals surface area (Å²) < 4.78 is 19.0. The lowest BCUT2D eigenvalue weighted by atomic mass is 10.1. The number of nitrogens with zero attached hydrogens (tertiary/aromatic N) is 3. The standard InChI is InChI=1S/C19H17ClFN3O2/c1-12-3-5-13(6-4-12)19-22-17(26-23-19)11-24(2)18(25)9-14-7-8-15(20)10-16(14)21/h3-8,10H,9,11H2,1-2H3. The fourth-order valence-electron chi connectivity index (χ4n) is 2.39. The van der Waals surface area contributed by atoms with Gasteiger partial charge in [-0.3, -0.25) is 4.79 Å². The Hall–Kier alpha value is -2.73. The highest BCUT2D eigenvalue weighted by Crippen LogP contribution is 2.18. The first kappa shape index (κ1) is 18.1. The van der Waals surface area contributed by atoms with E-state index in [-0.39, 0.29) is 24.4 Å². The molecule has 0 atom stereocenters. The van der Waals surface area contributed by atoms with Crippen molar-refractivity contribution < 1.29 is 13.7 Å². The van der Waals surface area contributed by atoms with Crippen molar-refractivity contribution in [1.29, 1.82) is 0 Å². The van der Waals surface area contributed by atoms with Gasteiger partial charge in [-0.05, 0) is 24.6 Å². The van der Waals surface area contributed by atoms with Crippen LogP contribution in [-0.4, -0.2) is 28.0 Å². The summed E-state index contributed by atoms with van der Waals surface area (Å²) in [6.45, 7) is 2.14. The molecule has 1 amide bonds. The number of aryl methyl sites for hydroxylation is 1. The Morgan fingerprint density at radius 2 is 1.96 bits per heavy atom. The van der Waals surface area contributed by atoms with Gasteiger partial charge in [0.2, 0.25) is 17.6 Å². The van der Waals surface area contributed by atoms with Gasteiger partial charge in [0.05, 0.1) is 13.0 Å². The molecule has 0 saturated heterocycles. The number of likely N-dealkylation sites (N-methyl/N-ethyl adjacent to an activating group) is 1. The molecular formula is C19H17ClFN3O2. The maximum Gasteiger partial charge on any atom is 0.246 e. The molecular weight excluding hydrogens is 357 g/mol. The van der Waals surface area contributed by atoms with E-state index in [1.165, 1.54) is 17.0 Å². The molecule has 7 heteroatoms. The monoisotopic (exact) mass is 373 g/mol. The van der Waals surface area contributed by atoms with E-state index < -0.39 is 5.82 Å². The zero-order chi connectivity index (χ0) is 18.7. The highest BCUT2D eigenvalue weighted by Gasteiger charge is 2.16. The van der Waals surface area contributed by atoms with Crippen molar-refractivity contribution in [3.63, 3.8) is 0 Å². The average Bonchev–Trinajstić information content (AvgIpc) is 3.06. The van der Waals surface area contributed by atoms with Crippen molar-refractivity contribution in [1.82, 2.24) is 15.0 Å². The number of hydrogen-bond acceptors (Lipinski definition) is 4. The maximum atomic E-state index is 13.8. The first-order valence-electron chi connectivity index (χ1n) is 8.00. The molecule has 1 aromatic heterocycles. The van der Waals surface area contributed by atoms with Gasteiger partial charge in [-0.1, -0.05) is 52.7 Å². The maximum absolute atomic E-state index is 13.8. The first-order valence-corrected chi connectivity index (χ1v) is 8.37. The van der Waals surface area contributed by atoms with Gasteiger partial charge in [-0.2, -0.15) is 4.98 Å². The summed E-state index contributed by atoms with van der Waals surface area (Å²) in [7, 11) is 1.60. The van der Waals surface area contributed by atoms with Gasteiger partial charge < -0.3 is 9.42 Å². The SMILES string of the molecule is Cc1ccc(-c2noc(CN(C)C(=O)Cc3ccc(Cl)cc3F)n2)cc1. The quantitative estimate of drug-likeness (QED) is 0.677. The van der Waals surface area contributed by atoms with E-state index in [0.29, 0.717) is 16.7 Å². The first-order chi connectivity index (χ1) is 12.4. The highest BCUT2D eigenvalue weighted by atomic mass is 35.5. The Morgan fingerprint density at radius 3 is 2.65 bits per heavy atom. The molecule has 0 aliphatic heterocycles. The van der Waals surface area contributed by atoms with Crippen molar-refractivity contribution in [3.8, 4) is 11.4 Å². The molecule has 3 rings (SSSR count). The molecule has 0 bridgehead atoms. The minimum Gasteiger partial charge on any atom is -0.337 e. The summed E-state index contributed by atoms with van der Waals surface area (Å²) in [6.07, 6.45) is -0.0710. The summed E-state index contributed by atoms with van der Waals surface area (Å²) in [4.78, 5) is 18.0.